The fraction of sp³-hybridized carbons (Fsp3) is 0.478. The Kier molecular flexibility index (Phi) is 5.69. The third kappa shape index (κ3) is 4.07. The van der Waals surface area contributed by atoms with Crippen LogP contribution in [0.5, 0.6) is 0 Å². The Morgan fingerprint density at radius 2 is 1.90 bits per heavy atom. The fourth-order valence-corrected chi connectivity index (χ4v) is 5.49. The van der Waals surface area contributed by atoms with Gasteiger partial charge < -0.3 is 10.1 Å². The van der Waals surface area contributed by atoms with Gasteiger partial charge in [0.1, 0.15) is 21.4 Å². The van der Waals surface area contributed by atoms with Crippen LogP contribution >= 0.6 is 11.3 Å². The number of ether oxygens (including phenoxy) is 1. The van der Waals surface area contributed by atoms with Crippen LogP contribution in [0.2, 0.25) is 0 Å². The highest BCUT2D eigenvalue weighted by atomic mass is 32.1. The van der Waals surface area contributed by atoms with E-state index >= 15 is 0 Å². The molecule has 3 aromatic rings. The highest BCUT2D eigenvalue weighted by molar-refractivity contribution is 7.14. The monoisotopic (exact) mass is 437 g/mol. The van der Waals surface area contributed by atoms with Crippen LogP contribution in [0, 0.1) is 6.92 Å². The van der Waals surface area contributed by atoms with Gasteiger partial charge in [0.15, 0.2) is 0 Å². The number of benzene rings is 1. The molecule has 7 nitrogen and oxygen atoms in total. The summed E-state index contributed by atoms with van der Waals surface area (Å²) in [6.45, 7) is 4.95. The average molecular weight is 438 g/mol. The lowest BCUT2D eigenvalue weighted by molar-refractivity contribution is -0.134. The van der Waals surface area contributed by atoms with Crippen molar-refractivity contribution < 1.29 is 9.53 Å². The summed E-state index contributed by atoms with van der Waals surface area (Å²) in [5.74, 6) is 0.665. The Morgan fingerprint density at radius 3 is 2.65 bits per heavy atom. The largest absolute Gasteiger partial charge is 0.379 e. The van der Waals surface area contributed by atoms with Crippen molar-refractivity contribution in [3.8, 4) is 10.6 Å². The topological polar surface area (TPSA) is 80.2 Å². The third-order valence-corrected chi connectivity index (χ3v) is 7.34. The zero-order valence-electron chi connectivity index (χ0n) is 17.8. The summed E-state index contributed by atoms with van der Waals surface area (Å²) < 4.78 is 5.54. The van der Waals surface area contributed by atoms with Crippen LogP contribution in [0.4, 0.5) is 5.82 Å². The van der Waals surface area contributed by atoms with Crippen LogP contribution < -0.4 is 5.32 Å². The van der Waals surface area contributed by atoms with E-state index < -0.39 is 5.54 Å². The van der Waals surface area contributed by atoms with Gasteiger partial charge in [-0.1, -0.05) is 42.7 Å². The number of hydrogen-bond acceptors (Lipinski definition) is 7. The molecule has 0 bridgehead atoms. The number of pyridine rings is 1. The molecule has 0 spiro atoms. The predicted octanol–water partition coefficient (Wildman–Crippen LogP) is 4.04. The van der Waals surface area contributed by atoms with E-state index in [4.69, 9.17) is 4.74 Å². The van der Waals surface area contributed by atoms with Crippen molar-refractivity contribution in [3.63, 3.8) is 0 Å². The van der Waals surface area contributed by atoms with Crippen molar-refractivity contribution in [2.45, 2.75) is 44.6 Å². The van der Waals surface area contributed by atoms with Crippen molar-refractivity contribution in [3.05, 3.63) is 35.5 Å². The van der Waals surface area contributed by atoms with Gasteiger partial charge in [0.05, 0.1) is 13.2 Å². The summed E-state index contributed by atoms with van der Waals surface area (Å²) >= 11 is 1.57. The van der Waals surface area contributed by atoms with Gasteiger partial charge in [-0.05, 0) is 37.3 Å². The summed E-state index contributed by atoms with van der Waals surface area (Å²) in [5, 5.41) is 15.4. The van der Waals surface area contributed by atoms with Gasteiger partial charge in [-0.25, -0.2) is 4.98 Å². The van der Waals surface area contributed by atoms with Crippen molar-refractivity contribution in [1.29, 1.82) is 0 Å². The van der Waals surface area contributed by atoms with Crippen LogP contribution in [0.3, 0.4) is 0 Å². The summed E-state index contributed by atoms with van der Waals surface area (Å²) in [4.78, 5) is 20.4. The molecule has 1 N–H and O–H groups in total. The quantitative estimate of drug-likeness (QED) is 0.664. The SMILES string of the molecule is Cc1nnc(-c2ccc3cnc(NC(=O)C4(N5CCOCC5)CCCCC4)cc3c2)s1. The molecule has 3 heterocycles. The molecule has 8 heteroatoms. The summed E-state index contributed by atoms with van der Waals surface area (Å²) in [7, 11) is 0. The summed E-state index contributed by atoms with van der Waals surface area (Å²) in [6.07, 6.45) is 6.98. The van der Waals surface area contributed by atoms with E-state index in [0.29, 0.717) is 19.0 Å². The number of nitrogens with one attached hydrogen (secondary N) is 1. The number of rotatable bonds is 4. The van der Waals surface area contributed by atoms with E-state index in [0.717, 1.165) is 65.1 Å². The van der Waals surface area contributed by atoms with Gasteiger partial charge in [-0.2, -0.15) is 0 Å². The lowest BCUT2D eigenvalue weighted by Gasteiger charge is -2.46. The number of carbonyl (C=O) groups excluding carboxylic acids is 1. The predicted molar refractivity (Wildman–Crippen MR) is 122 cm³/mol. The van der Waals surface area contributed by atoms with E-state index in [1.165, 1.54) is 6.42 Å². The second-order valence-corrected chi connectivity index (χ2v) is 9.59. The smallest absolute Gasteiger partial charge is 0.246 e. The number of fused-ring (bicyclic) bond motifs is 1. The Labute approximate surface area is 185 Å². The number of aryl methyl sites for hydroxylation is 1. The summed E-state index contributed by atoms with van der Waals surface area (Å²) in [5.41, 5.74) is 0.573. The average Bonchev–Trinajstić information content (AvgIpc) is 3.26. The maximum Gasteiger partial charge on any atom is 0.246 e. The van der Waals surface area contributed by atoms with Crippen molar-refractivity contribution in [2.75, 3.05) is 31.6 Å². The minimum Gasteiger partial charge on any atom is -0.379 e. The molecule has 0 radical (unpaired) electrons. The molecule has 2 aromatic heterocycles. The van der Waals surface area contributed by atoms with E-state index in [2.05, 4.69) is 31.5 Å². The maximum atomic E-state index is 13.6. The van der Waals surface area contributed by atoms with Crippen LogP contribution in [0.15, 0.2) is 30.5 Å². The van der Waals surface area contributed by atoms with Crippen molar-refractivity contribution in [2.24, 2.45) is 0 Å². The van der Waals surface area contributed by atoms with Crippen LogP contribution in [-0.4, -0.2) is 57.8 Å². The third-order valence-electron chi connectivity index (χ3n) is 6.46. The molecule has 5 rings (SSSR count). The number of carbonyl (C=O) groups is 1. The molecule has 162 valence electrons. The molecule has 1 aliphatic carbocycles. The molecule has 1 amide bonds. The van der Waals surface area contributed by atoms with E-state index in [9.17, 15) is 4.79 Å². The first-order valence-electron chi connectivity index (χ1n) is 11.0. The first-order chi connectivity index (χ1) is 15.1. The Balaban J connectivity index is 1.42. The second kappa shape index (κ2) is 8.61. The zero-order valence-corrected chi connectivity index (χ0v) is 18.6. The highest BCUT2D eigenvalue weighted by Crippen LogP contribution is 2.36. The number of amides is 1. The van der Waals surface area contributed by atoms with Gasteiger partial charge in [0, 0.05) is 30.2 Å². The molecule has 2 fully saturated rings. The normalized spacial score (nSPS) is 19.4. The molecule has 1 aliphatic heterocycles. The number of anilines is 1. The molecule has 2 aliphatic rings. The first-order valence-corrected chi connectivity index (χ1v) is 11.8. The van der Waals surface area contributed by atoms with Crippen molar-refractivity contribution in [1.82, 2.24) is 20.1 Å². The summed E-state index contributed by atoms with van der Waals surface area (Å²) in [6, 6.07) is 8.12. The number of hydrogen-bond donors (Lipinski definition) is 1. The zero-order chi connectivity index (χ0) is 21.3. The van der Waals surface area contributed by atoms with Gasteiger partial charge in [0.2, 0.25) is 5.91 Å². The van der Waals surface area contributed by atoms with Crippen LogP contribution in [0.1, 0.15) is 37.1 Å². The van der Waals surface area contributed by atoms with Crippen molar-refractivity contribution >= 4 is 33.8 Å². The second-order valence-electron chi connectivity index (χ2n) is 8.40. The van der Waals surface area contributed by atoms with Gasteiger partial charge in [-0.3, -0.25) is 9.69 Å². The minimum atomic E-state index is -0.454. The number of aromatic nitrogens is 3. The Morgan fingerprint density at radius 1 is 1.10 bits per heavy atom. The Bertz CT molecular complexity index is 1090. The van der Waals surface area contributed by atoms with E-state index in [-0.39, 0.29) is 5.91 Å². The molecule has 0 unspecified atom stereocenters. The maximum absolute atomic E-state index is 13.6. The standard InChI is InChI=1S/C23H27N5O2S/c1-16-26-27-21(31-16)17-5-6-18-15-24-20(14-19(18)13-17)25-22(29)23(7-3-2-4-8-23)28-9-11-30-12-10-28/h5-6,13-15H,2-4,7-12H2,1H3,(H,24,25,29). The fourth-order valence-electron chi connectivity index (χ4n) is 4.80. The van der Waals surface area contributed by atoms with E-state index in [1.54, 1.807) is 11.3 Å². The molecule has 31 heavy (non-hydrogen) atoms. The van der Waals surface area contributed by atoms with Crippen LogP contribution in [0.25, 0.3) is 21.3 Å². The first kappa shape index (κ1) is 20.5. The Hall–Kier alpha value is -2.42. The van der Waals surface area contributed by atoms with Gasteiger partial charge in [0.25, 0.3) is 0 Å². The lowest BCUT2D eigenvalue weighted by Crippen LogP contribution is -2.60. The van der Waals surface area contributed by atoms with Crippen LogP contribution in [-0.2, 0) is 9.53 Å². The molecule has 0 atom stereocenters. The molecular weight excluding hydrogens is 410 g/mol. The minimum absolute atomic E-state index is 0.0665. The lowest BCUT2D eigenvalue weighted by atomic mass is 9.79. The van der Waals surface area contributed by atoms with E-state index in [1.807, 2.05) is 31.3 Å². The molecule has 1 saturated heterocycles. The van der Waals surface area contributed by atoms with Gasteiger partial charge in [-0.15, -0.1) is 10.2 Å². The molecule has 1 aromatic carbocycles. The highest BCUT2D eigenvalue weighted by Gasteiger charge is 2.45. The molecule has 1 saturated carbocycles. The number of nitrogens with zero attached hydrogens (tertiary/aromatic N) is 4. The number of morpholine rings is 1. The van der Waals surface area contributed by atoms with Gasteiger partial charge >= 0.3 is 0 Å². The molecular formula is C23H27N5O2S.